The third-order valence-electron chi connectivity index (χ3n) is 2.51. The van der Waals surface area contributed by atoms with E-state index < -0.39 is 0 Å². The number of nitrogens with one attached hydrogen (secondary N) is 1. The minimum absolute atomic E-state index is 0.0782. The lowest BCUT2D eigenvalue weighted by Gasteiger charge is -2.10. The summed E-state index contributed by atoms with van der Waals surface area (Å²) in [4.78, 5) is 12.1. The monoisotopic (exact) mass is 309 g/mol. The molecule has 112 valence electrons. The van der Waals surface area contributed by atoms with E-state index >= 15 is 0 Å². The molecule has 0 fully saturated rings. The van der Waals surface area contributed by atoms with E-state index in [-0.39, 0.29) is 18.0 Å². The van der Waals surface area contributed by atoms with E-state index in [1.807, 2.05) is 19.9 Å². The van der Waals surface area contributed by atoms with Crippen molar-refractivity contribution in [3.63, 3.8) is 0 Å². The molecule has 7 nitrogen and oxygen atoms in total. The summed E-state index contributed by atoms with van der Waals surface area (Å²) >= 11 is 5.95. The molecule has 0 bridgehead atoms. The Balaban J connectivity index is 2.27. The Labute approximate surface area is 127 Å². The number of hydrogen-bond donors (Lipinski definition) is 2. The van der Waals surface area contributed by atoms with Crippen LogP contribution in [0.4, 0.5) is 5.95 Å². The van der Waals surface area contributed by atoms with E-state index in [1.165, 1.54) is 0 Å². The van der Waals surface area contributed by atoms with Gasteiger partial charge in [0.1, 0.15) is 5.75 Å². The van der Waals surface area contributed by atoms with Crippen molar-refractivity contribution < 1.29 is 9.47 Å². The van der Waals surface area contributed by atoms with Crippen LogP contribution in [0.3, 0.4) is 0 Å². The lowest BCUT2D eigenvalue weighted by molar-refractivity contribution is 0.285. The van der Waals surface area contributed by atoms with Crippen molar-refractivity contribution in [1.29, 1.82) is 0 Å². The lowest BCUT2D eigenvalue weighted by Crippen LogP contribution is -2.13. The fraction of sp³-hybridized carbons (Fsp3) is 0.308. The van der Waals surface area contributed by atoms with Gasteiger partial charge in [-0.2, -0.15) is 9.97 Å². The number of hydrazine groups is 1. The van der Waals surface area contributed by atoms with Gasteiger partial charge in [-0.15, -0.1) is 4.98 Å². The predicted octanol–water partition coefficient (Wildman–Crippen LogP) is 2.70. The number of ether oxygens (including phenoxy) is 2. The minimum atomic E-state index is 0.0782. The SMILES string of the molecule is CCCOc1nc(NN)nc(Oc2cc(Cl)ccc2C)n1. The molecule has 0 saturated heterocycles. The fourth-order valence-corrected chi connectivity index (χ4v) is 1.65. The first-order valence-corrected chi connectivity index (χ1v) is 6.79. The topological polar surface area (TPSA) is 95.2 Å². The first-order chi connectivity index (χ1) is 10.1. The van der Waals surface area contributed by atoms with Gasteiger partial charge in [-0.3, -0.25) is 5.43 Å². The summed E-state index contributed by atoms with van der Waals surface area (Å²) in [6, 6.07) is 5.53. The summed E-state index contributed by atoms with van der Waals surface area (Å²) in [5, 5.41) is 0.560. The Hall–Kier alpha value is -2.12. The van der Waals surface area contributed by atoms with Crippen LogP contribution >= 0.6 is 11.6 Å². The molecule has 0 radical (unpaired) electrons. The van der Waals surface area contributed by atoms with Crippen LogP contribution in [0.25, 0.3) is 0 Å². The molecule has 0 aliphatic carbocycles. The Kier molecular flexibility index (Phi) is 5.13. The number of nitrogens with two attached hydrogens (primary N) is 1. The molecule has 2 rings (SSSR count). The maximum atomic E-state index is 5.95. The van der Waals surface area contributed by atoms with Crippen molar-refractivity contribution in [1.82, 2.24) is 15.0 Å². The molecule has 0 unspecified atom stereocenters. The van der Waals surface area contributed by atoms with Crippen LogP contribution in [-0.4, -0.2) is 21.6 Å². The second-order valence-electron chi connectivity index (χ2n) is 4.23. The lowest BCUT2D eigenvalue weighted by atomic mass is 10.2. The van der Waals surface area contributed by atoms with Crippen molar-refractivity contribution in [3.8, 4) is 17.8 Å². The summed E-state index contributed by atoms with van der Waals surface area (Å²) < 4.78 is 11.0. The molecule has 3 N–H and O–H groups in total. The largest absolute Gasteiger partial charge is 0.463 e. The van der Waals surface area contributed by atoms with Crippen molar-refractivity contribution in [3.05, 3.63) is 28.8 Å². The van der Waals surface area contributed by atoms with Gasteiger partial charge in [-0.05, 0) is 31.0 Å². The molecule has 1 heterocycles. The zero-order valence-electron chi connectivity index (χ0n) is 11.8. The summed E-state index contributed by atoms with van der Waals surface area (Å²) in [6.45, 7) is 4.36. The summed E-state index contributed by atoms with van der Waals surface area (Å²) in [5.41, 5.74) is 3.25. The molecule has 0 spiro atoms. The zero-order chi connectivity index (χ0) is 15.2. The maximum Gasteiger partial charge on any atom is 0.330 e. The summed E-state index contributed by atoms with van der Waals surface area (Å²) in [5.74, 6) is 6.04. The highest BCUT2D eigenvalue weighted by molar-refractivity contribution is 6.30. The number of nitrogens with zero attached hydrogens (tertiary/aromatic N) is 3. The number of hydrogen-bond acceptors (Lipinski definition) is 7. The number of aromatic nitrogens is 3. The highest BCUT2D eigenvalue weighted by atomic mass is 35.5. The number of aryl methyl sites for hydroxylation is 1. The third kappa shape index (κ3) is 4.17. The van der Waals surface area contributed by atoms with Crippen molar-refractivity contribution in [2.45, 2.75) is 20.3 Å². The van der Waals surface area contributed by atoms with Crippen LogP contribution in [0.5, 0.6) is 17.8 Å². The van der Waals surface area contributed by atoms with Gasteiger partial charge >= 0.3 is 12.0 Å². The quantitative estimate of drug-likeness (QED) is 0.625. The second kappa shape index (κ2) is 7.05. The maximum absolute atomic E-state index is 5.95. The van der Waals surface area contributed by atoms with Gasteiger partial charge in [-0.25, -0.2) is 5.84 Å². The molecule has 21 heavy (non-hydrogen) atoms. The Morgan fingerprint density at radius 2 is 2.00 bits per heavy atom. The molecule has 2 aromatic rings. The molecule has 0 atom stereocenters. The van der Waals surface area contributed by atoms with Crippen LogP contribution in [-0.2, 0) is 0 Å². The molecular weight excluding hydrogens is 294 g/mol. The molecule has 1 aromatic carbocycles. The zero-order valence-corrected chi connectivity index (χ0v) is 12.5. The average molecular weight is 310 g/mol. The average Bonchev–Trinajstić information content (AvgIpc) is 2.48. The molecule has 1 aromatic heterocycles. The molecule has 0 aliphatic heterocycles. The molecule has 0 amide bonds. The van der Waals surface area contributed by atoms with Gasteiger partial charge in [-0.1, -0.05) is 24.6 Å². The van der Waals surface area contributed by atoms with E-state index in [1.54, 1.807) is 12.1 Å². The third-order valence-corrected chi connectivity index (χ3v) is 2.75. The number of anilines is 1. The van der Waals surface area contributed by atoms with Crippen LogP contribution in [0.2, 0.25) is 5.02 Å². The normalized spacial score (nSPS) is 10.3. The van der Waals surface area contributed by atoms with Crippen molar-refractivity contribution in [2.24, 2.45) is 5.84 Å². The van der Waals surface area contributed by atoms with Gasteiger partial charge in [0.2, 0.25) is 5.95 Å². The van der Waals surface area contributed by atoms with Gasteiger partial charge in [0.15, 0.2) is 0 Å². The highest BCUT2D eigenvalue weighted by Crippen LogP contribution is 2.27. The molecule has 0 aliphatic rings. The smallest absolute Gasteiger partial charge is 0.330 e. The van der Waals surface area contributed by atoms with Gasteiger partial charge < -0.3 is 9.47 Å². The van der Waals surface area contributed by atoms with Crippen LogP contribution in [0, 0.1) is 6.92 Å². The van der Waals surface area contributed by atoms with E-state index in [2.05, 4.69) is 20.4 Å². The number of rotatable bonds is 6. The number of halogens is 1. The number of benzene rings is 1. The Morgan fingerprint density at radius 3 is 2.71 bits per heavy atom. The Morgan fingerprint density at radius 1 is 1.24 bits per heavy atom. The standard InChI is InChI=1S/C13H16ClN5O2/c1-3-6-20-12-16-11(19-15)17-13(18-12)21-10-7-9(14)5-4-8(10)2/h4-5,7H,3,6,15H2,1-2H3,(H,16,17,18,19). The van der Waals surface area contributed by atoms with Gasteiger partial charge in [0, 0.05) is 5.02 Å². The van der Waals surface area contributed by atoms with E-state index in [9.17, 15) is 0 Å². The van der Waals surface area contributed by atoms with Crippen LogP contribution < -0.4 is 20.7 Å². The fourth-order valence-electron chi connectivity index (χ4n) is 1.49. The summed E-state index contributed by atoms with van der Waals surface area (Å²) in [6.07, 6.45) is 0.834. The first kappa shape index (κ1) is 15.3. The van der Waals surface area contributed by atoms with Crippen LogP contribution in [0.15, 0.2) is 18.2 Å². The number of nitrogen functional groups attached to an aromatic ring is 1. The van der Waals surface area contributed by atoms with Gasteiger partial charge in [0.05, 0.1) is 6.61 Å². The molecular formula is C13H16ClN5O2. The highest BCUT2D eigenvalue weighted by Gasteiger charge is 2.10. The predicted molar refractivity (Wildman–Crippen MR) is 79.7 cm³/mol. The van der Waals surface area contributed by atoms with E-state index in [0.717, 1.165) is 12.0 Å². The molecule has 8 heteroatoms. The van der Waals surface area contributed by atoms with E-state index in [0.29, 0.717) is 17.4 Å². The van der Waals surface area contributed by atoms with Crippen molar-refractivity contribution >= 4 is 17.5 Å². The minimum Gasteiger partial charge on any atom is -0.463 e. The first-order valence-electron chi connectivity index (χ1n) is 6.42. The van der Waals surface area contributed by atoms with Crippen LogP contribution in [0.1, 0.15) is 18.9 Å². The molecule has 0 saturated carbocycles. The Bertz CT molecular complexity index is 624. The second-order valence-corrected chi connectivity index (χ2v) is 4.67. The van der Waals surface area contributed by atoms with Gasteiger partial charge in [0.25, 0.3) is 0 Å². The van der Waals surface area contributed by atoms with E-state index in [4.69, 9.17) is 26.9 Å². The van der Waals surface area contributed by atoms with Crippen molar-refractivity contribution in [2.75, 3.05) is 12.0 Å². The summed E-state index contributed by atoms with van der Waals surface area (Å²) in [7, 11) is 0.